The van der Waals surface area contributed by atoms with Gasteiger partial charge in [-0.15, -0.1) is 0 Å². The van der Waals surface area contributed by atoms with Gasteiger partial charge >= 0.3 is 5.97 Å². The van der Waals surface area contributed by atoms with E-state index in [1.54, 1.807) is 24.4 Å². The van der Waals surface area contributed by atoms with E-state index < -0.39 is 11.6 Å². The molecule has 0 spiro atoms. The molecule has 2 bridgehead atoms. The lowest BCUT2D eigenvalue weighted by molar-refractivity contribution is -0.939. The van der Waals surface area contributed by atoms with Crippen molar-refractivity contribution in [1.82, 2.24) is 9.97 Å². The van der Waals surface area contributed by atoms with Crippen LogP contribution in [0.2, 0.25) is 0 Å². The van der Waals surface area contributed by atoms with Crippen molar-refractivity contribution in [2.75, 3.05) is 31.5 Å². The van der Waals surface area contributed by atoms with Gasteiger partial charge in [0.1, 0.15) is 18.7 Å². The highest BCUT2D eigenvalue weighted by Gasteiger charge is 2.53. The van der Waals surface area contributed by atoms with Crippen LogP contribution in [-0.2, 0) is 19.9 Å². The summed E-state index contributed by atoms with van der Waals surface area (Å²) in [7, 11) is 0. The predicted octanol–water partition coefficient (Wildman–Crippen LogP) is 2.48. The fourth-order valence-electron chi connectivity index (χ4n) is 6.08. The van der Waals surface area contributed by atoms with Crippen molar-refractivity contribution in [3.63, 3.8) is 0 Å². The van der Waals surface area contributed by atoms with E-state index >= 15 is 0 Å². The number of anilines is 1. The van der Waals surface area contributed by atoms with Crippen molar-refractivity contribution < 1.29 is 23.9 Å². The van der Waals surface area contributed by atoms with Crippen molar-refractivity contribution in [3.05, 3.63) is 78.2 Å². The molecule has 0 radical (unpaired) electrons. The fourth-order valence-corrected chi connectivity index (χ4v) is 6.08. The second-order valence-electron chi connectivity index (χ2n) is 9.86. The van der Waals surface area contributed by atoms with E-state index in [2.05, 4.69) is 15.3 Å². The molecule has 2 aromatic carbocycles. The molecule has 3 fully saturated rings. The van der Waals surface area contributed by atoms with Gasteiger partial charge in [0.2, 0.25) is 5.60 Å². The third kappa shape index (κ3) is 3.61. The molecule has 2 N–H and O–H groups in total. The Bertz CT molecular complexity index is 1240. The highest BCUT2D eigenvalue weighted by molar-refractivity contribution is 5.96. The van der Waals surface area contributed by atoms with Crippen molar-refractivity contribution in [1.29, 1.82) is 0 Å². The van der Waals surface area contributed by atoms with Crippen LogP contribution in [0, 0.1) is 5.92 Å². The molecule has 0 unspecified atom stereocenters. The van der Waals surface area contributed by atoms with E-state index in [-0.39, 0.29) is 17.9 Å². The van der Waals surface area contributed by atoms with Crippen LogP contribution in [0.3, 0.4) is 0 Å². The Morgan fingerprint density at radius 3 is 2.31 bits per heavy atom. The zero-order valence-corrected chi connectivity index (χ0v) is 19.3. The van der Waals surface area contributed by atoms with Gasteiger partial charge in [-0.2, -0.15) is 0 Å². The summed E-state index contributed by atoms with van der Waals surface area (Å²) in [4.78, 5) is 34.4. The molecule has 3 saturated heterocycles. The Labute approximate surface area is 203 Å². The largest absolute Gasteiger partial charge is 0.453 e. The van der Waals surface area contributed by atoms with Gasteiger partial charge in [0, 0.05) is 36.1 Å². The zero-order chi connectivity index (χ0) is 24.0. The molecular weight excluding hydrogens is 444 g/mol. The van der Waals surface area contributed by atoms with E-state index in [9.17, 15) is 14.7 Å². The molecular formula is C27H27N4O4+. The number of fused-ring (bicyclic) bond motifs is 6. The van der Waals surface area contributed by atoms with Crippen molar-refractivity contribution >= 4 is 17.7 Å². The molecule has 35 heavy (non-hydrogen) atoms. The first kappa shape index (κ1) is 21.9. The number of amides is 1. The molecule has 178 valence electrons. The Morgan fingerprint density at radius 2 is 1.69 bits per heavy atom. The number of quaternary nitrogens is 1. The molecule has 1 aromatic heterocycles. The standard InChI is InChI=1S/C27H26N4O4/c32-25(30-24-9-12-28-17-29-24)16-31-13-10-18(11-14-31)23(15-31)35-26(33)27(34)21-7-3-1-5-19(21)20-6-2-4-8-22(20)27/h1-9,12,17-18,23,34H,10-11,13-16H2/p+1/t18?,23-,31?/m0/s1. The van der Waals surface area contributed by atoms with Crippen LogP contribution in [-0.4, -0.2) is 63.7 Å². The van der Waals surface area contributed by atoms with Crippen molar-refractivity contribution in [2.45, 2.75) is 24.5 Å². The van der Waals surface area contributed by atoms with Gasteiger partial charge in [-0.3, -0.25) is 4.79 Å². The van der Waals surface area contributed by atoms with Crippen LogP contribution in [0.25, 0.3) is 11.1 Å². The monoisotopic (exact) mass is 471 g/mol. The van der Waals surface area contributed by atoms with Gasteiger partial charge in [0.25, 0.3) is 5.91 Å². The fraction of sp³-hybridized carbons (Fsp3) is 0.333. The van der Waals surface area contributed by atoms with E-state index in [4.69, 9.17) is 4.74 Å². The smallest absolute Gasteiger partial charge is 0.348 e. The molecule has 0 saturated carbocycles. The van der Waals surface area contributed by atoms with Gasteiger partial charge in [0.05, 0.1) is 13.1 Å². The van der Waals surface area contributed by atoms with E-state index in [1.807, 2.05) is 36.4 Å². The summed E-state index contributed by atoms with van der Waals surface area (Å²) in [6.45, 7) is 2.59. The summed E-state index contributed by atoms with van der Waals surface area (Å²) in [6.07, 6.45) is 4.39. The van der Waals surface area contributed by atoms with Crippen LogP contribution < -0.4 is 5.32 Å². The molecule has 8 nitrogen and oxygen atoms in total. The maximum Gasteiger partial charge on any atom is 0.348 e. The molecule has 1 atom stereocenters. The minimum absolute atomic E-state index is 0.119. The first-order valence-corrected chi connectivity index (χ1v) is 12.0. The van der Waals surface area contributed by atoms with Crippen molar-refractivity contribution in [2.24, 2.45) is 5.92 Å². The zero-order valence-electron chi connectivity index (χ0n) is 19.3. The summed E-state index contributed by atoms with van der Waals surface area (Å²) in [5.41, 5.74) is 0.970. The maximum absolute atomic E-state index is 13.6. The molecule has 3 aromatic rings. The molecule has 4 heterocycles. The number of aliphatic hydroxyl groups is 1. The molecule has 1 aliphatic carbocycles. The first-order valence-electron chi connectivity index (χ1n) is 12.0. The summed E-state index contributed by atoms with van der Waals surface area (Å²) < 4.78 is 6.66. The Balaban J connectivity index is 1.22. The van der Waals surface area contributed by atoms with Gasteiger partial charge in [-0.25, -0.2) is 14.8 Å². The normalized spacial score (nSPS) is 25.4. The van der Waals surface area contributed by atoms with Gasteiger partial charge in [-0.05, 0) is 17.2 Å². The van der Waals surface area contributed by atoms with Crippen LogP contribution in [0.5, 0.6) is 0 Å². The van der Waals surface area contributed by atoms with E-state index in [0.29, 0.717) is 34.5 Å². The third-order valence-electron chi connectivity index (χ3n) is 7.85. The number of aromatic nitrogens is 2. The minimum atomic E-state index is -1.84. The number of carbonyl (C=O) groups is 2. The second-order valence-corrected chi connectivity index (χ2v) is 9.86. The predicted molar refractivity (Wildman–Crippen MR) is 128 cm³/mol. The quantitative estimate of drug-likeness (QED) is 0.438. The number of benzene rings is 2. The third-order valence-corrected chi connectivity index (χ3v) is 7.85. The number of carbonyl (C=O) groups excluding carboxylic acids is 2. The van der Waals surface area contributed by atoms with Gasteiger partial charge in [-0.1, -0.05) is 48.5 Å². The lowest BCUT2D eigenvalue weighted by atomic mass is 9.82. The summed E-state index contributed by atoms with van der Waals surface area (Å²) in [5.74, 6) is -0.0538. The lowest BCUT2D eigenvalue weighted by Gasteiger charge is -2.51. The number of esters is 1. The van der Waals surface area contributed by atoms with Crippen LogP contribution >= 0.6 is 0 Å². The van der Waals surface area contributed by atoms with E-state index in [1.165, 1.54) is 6.33 Å². The second kappa shape index (κ2) is 8.25. The van der Waals surface area contributed by atoms with Crippen molar-refractivity contribution in [3.8, 4) is 11.1 Å². The Morgan fingerprint density at radius 1 is 1.03 bits per heavy atom. The Kier molecular flexibility index (Phi) is 5.16. The van der Waals surface area contributed by atoms with Crippen LogP contribution in [0.4, 0.5) is 5.82 Å². The maximum atomic E-state index is 13.6. The number of hydrogen-bond donors (Lipinski definition) is 2. The number of hydrogen-bond acceptors (Lipinski definition) is 6. The molecule has 3 aliphatic heterocycles. The summed E-state index contributed by atoms with van der Waals surface area (Å²) >= 11 is 0. The van der Waals surface area contributed by atoms with Gasteiger partial charge < -0.3 is 19.6 Å². The first-order chi connectivity index (χ1) is 17.0. The number of ether oxygens (including phenoxy) is 1. The summed E-state index contributed by atoms with van der Waals surface area (Å²) in [6, 6.07) is 16.5. The average molecular weight is 472 g/mol. The number of rotatable bonds is 5. The number of nitrogens with zero attached hydrogens (tertiary/aromatic N) is 3. The van der Waals surface area contributed by atoms with Crippen LogP contribution in [0.1, 0.15) is 24.0 Å². The topological polar surface area (TPSA) is 101 Å². The van der Waals surface area contributed by atoms with Crippen LogP contribution in [0.15, 0.2) is 67.1 Å². The highest BCUT2D eigenvalue weighted by Crippen LogP contribution is 2.48. The SMILES string of the molecule is O=C(C[N+]12CCC(CC1)[C@@H](OC(=O)C1(O)c3ccccc3-c3ccccc31)C2)Nc1ccncn1. The minimum Gasteiger partial charge on any atom is -0.453 e. The molecule has 1 amide bonds. The Hall–Kier alpha value is -3.62. The molecule has 7 rings (SSSR count). The number of piperidine rings is 3. The highest BCUT2D eigenvalue weighted by atomic mass is 16.6. The lowest BCUT2D eigenvalue weighted by Crippen LogP contribution is -2.66. The molecule has 8 heteroatoms. The van der Waals surface area contributed by atoms with Gasteiger partial charge in [0.15, 0.2) is 12.6 Å². The molecule has 4 aliphatic rings. The van der Waals surface area contributed by atoms with E-state index in [0.717, 1.165) is 37.1 Å². The summed E-state index contributed by atoms with van der Waals surface area (Å²) in [5, 5.41) is 14.6. The number of nitrogens with one attached hydrogen (secondary N) is 1. The average Bonchev–Trinajstić information content (AvgIpc) is 3.15.